The Kier molecular flexibility index (Phi) is 10.4. The maximum absolute atomic E-state index is 13.9. The van der Waals surface area contributed by atoms with Crippen molar-refractivity contribution in [1.29, 1.82) is 0 Å². The van der Waals surface area contributed by atoms with Crippen LogP contribution in [0.5, 0.6) is 5.75 Å². The quantitative estimate of drug-likeness (QED) is 0.330. The Morgan fingerprint density at radius 3 is 2.39 bits per heavy atom. The van der Waals surface area contributed by atoms with E-state index in [1.807, 2.05) is 19.1 Å². The third kappa shape index (κ3) is 8.95. The van der Waals surface area contributed by atoms with E-state index in [1.165, 1.54) is 23.1 Å². The van der Waals surface area contributed by atoms with Crippen LogP contribution in [0.3, 0.4) is 0 Å². The van der Waals surface area contributed by atoms with Gasteiger partial charge in [-0.2, -0.15) is 0 Å². The second kappa shape index (κ2) is 13.3. The number of aromatic hydroxyl groups is 1. The van der Waals surface area contributed by atoms with Gasteiger partial charge in [0.25, 0.3) is 5.91 Å². The van der Waals surface area contributed by atoms with Crippen molar-refractivity contribution < 1.29 is 29.0 Å². The van der Waals surface area contributed by atoms with Gasteiger partial charge < -0.3 is 31.1 Å². The van der Waals surface area contributed by atoms with E-state index in [4.69, 9.17) is 10.5 Å². The fraction of sp³-hybridized carbons (Fsp3) is 0.357. The number of hydrogen-bond donors (Lipinski definition) is 4. The van der Waals surface area contributed by atoms with Crippen molar-refractivity contribution in [2.24, 2.45) is 5.73 Å². The average molecular weight is 525 g/mol. The van der Waals surface area contributed by atoms with Gasteiger partial charge in [-0.15, -0.1) is 6.58 Å². The standard InChI is InChI=1S/C28H36N4O6/c1-6-16-32(26(36)22(14-15-23(29)34)31-27(37)38-28(3,4)5)24(19-11-9-12-20(33)17-19)25(35)30-21-13-8-7-10-18(21)2/h6-13,17,22,24,33H,1,14-16H2,2-5H3,(H2,29,34)(H,30,35)(H,31,37). The van der Waals surface area contributed by atoms with Gasteiger partial charge >= 0.3 is 6.09 Å². The fourth-order valence-electron chi connectivity index (χ4n) is 3.74. The van der Waals surface area contributed by atoms with Crippen LogP contribution in [0.15, 0.2) is 61.2 Å². The molecule has 5 N–H and O–H groups in total. The van der Waals surface area contributed by atoms with Crippen molar-refractivity contribution in [1.82, 2.24) is 10.2 Å². The highest BCUT2D eigenvalue weighted by Crippen LogP contribution is 2.28. The van der Waals surface area contributed by atoms with Gasteiger partial charge in [0.2, 0.25) is 11.8 Å². The molecule has 204 valence electrons. The minimum absolute atomic E-state index is 0.0799. The summed E-state index contributed by atoms with van der Waals surface area (Å²) in [4.78, 5) is 52.9. The molecule has 0 aromatic heterocycles. The van der Waals surface area contributed by atoms with Gasteiger partial charge in [-0.05, 0) is 63.4 Å². The molecule has 0 saturated carbocycles. The highest BCUT2D eigenvalue weighted by molar-refractivity contribution is 5.99. The Morgan fingerprint density at radius 1 is 1.13 bits per heavy atom. The first-order valence-corrected chi connectivity index (χ1v) is 12.2. The molecule has 0 aliphatic rings. The molecule has 2 aromatic carbocycles. The van der Waals surface area contributed by atoms with Crippen molar-refractivity contribution in [3.8, 4) is 5.75 Å². The van der Waals surface area contributed by atoms with E-state index < -0.39 is 41.5 Å². The number of para-hydroxylation sites is 1. The summed E-state index contributed by atoms with van der Waals surface area (Å²) in [5.74, 6) is -1.97. The molecule has 0 aliphatic carbocycles. The molecule has 0 heterocycles. The zero-order chi connectivity index (χ0) is 28.5. The molecule has 0 bridgehead atoms. The number of carbonyl (C=O) groups is 4. The summed E-state index contributed by atoms with van der Waals surface area (Å²) < 4.78 is 5.30. The molecule has 0 fully saturated rings. The lowest BCUT2D eigenvalue weighted by atomic mass is 10.0. The van der Waals surface area contributed by atoms with Crippen LogP contribution in [-0.4, -0.2) is 52.0 Å². The molecular formula is C28H36N4O6. The summed E-state index contributed by atoms with van der Waals surface area (Å²) in [6.07, 6.45) is 0.262. The first kappa shape index (κ1) is 29.9. The first-order valence-electron chi connectivity index (χ1n) is 12.2. The second-order valence-electron chi connectivity index (χ2n) is 9.78. The van der Waals surface area contributed by atoms with Crippen LogP contribution in [-0.2, 0) is 19.1 Å². The fourth-order valence-corrected chi connectivity index (χ4v) is 3.74. The van der Waals surface area contributed by atoms with Gasteiger partial charge in [0.15, 0.2) is 0 Å². The predicted molar refractivity (Wildman–Crippen MR) is 144 cm³/mol. The Morgan fingerprint density at radius 2 is 1.82 bits per heavy atom. The Labute approximate surface area is 222 Å². The number of rotatable bonds is 11. The summed E-state index contributed by atoms with van der Waals surface area (Å²) in [7, 11) is 0. The minimum Gasteiger partial charge on any atom is -0.508 e. The molecule has 10 heteroatoms. The van der Waals surface area contributed by atoms with Crippen LogP contribution in [0.2, 0.25) is 0 Å². The summed E-state index contributed by atoms with van der Waals surface area (Å²) >= 11 is 0. The van der Waals surface area contributed by atoms with Crippen LogP contribution in [0, 0.1) is 6.92 Å². The molecule has 0 aliphatic heterocycles. The van der Waals surface area contributed by atoms with Crippen LogP contribution < -0.4 is 16.4 Å². The van der Waals surface area contributed by atoms with Crippen molar-refractivity contribution in [2.45, 2.75) is 58.2 Å². The molecule has 0 radical (unpaired) electrons. The number of aryl methyl sites for hydroxylation is 1. The summed E-state index contributed by atoms with van der Waals surface area (Å²) in [6, 6.07) is 10.7. The minimum atomic E-state index is -1.23. The number of nitrogens with zero attached hydrogens (tertiary/aromatic N) is 1. The normalized spacial score (nSPS) is 12.5. The smallest absolute Gasteiger partial charge is 0.408 e. The Balaban J connectivity index is 2.52. The molecule has 2 aromatic rings. The number of hydrogen-bond acceptors (Lipinski definition) is 6. The number of nitrogens with two attached hydrogens (primary N) is 1. The maximum atomic E-state index is 13.9. The van der Waals surface area contributed by atoms with E-state index in [2.05, 4.69) is 17.2 Å². The van der Waals surface area contributed by atoms with Crippen molar-refractivity contribution in [3.05, 3.63) is 72.3 Å². The predicted octanol–water partition coefficient (Wildman–Crippen LogP) is 3.55. The third-order valence-electron chi connectivity index (χ3n) is 5.43. The SMILES string of the molecule is C=CCN(C(=O)C(CCC(N)=O)NC(=O)OC(C)(C)C)C(C(=O)Nc1ccccc1C)c1cccc(O)c1. The number of ether oxygens (including phenoxy) is 1. The van der Waals surface area contributed by atoms with Crippen LogP contribution in [0.1, 0.15) is 50.8 Å². The number of nitrogens with one attached hydrogen (secondary N) is 2. The number of alkyl carbamates (subject to hydrolysis) is 1. The molecule has 10 nitrogen and oxygen atoms in total. The van der Waals surface area contributed by atoms with Gasteiger partial charge in [0, 0.05) is 18.7 Å². The molecule has 2 atom stereocenters. The zero-order valence-electron chi connectivity index (χ0n) is 22.2. The number of phenolic OH excluding ortho intramolecular Hbond substituents is 1. The van der Waals surface area contributed by atoms with E-state index in [-0.39, 0.29) is 25.1 Å². The van der Waals surface area contributed by atoms with E-state index >= 15 is 0 Å². The lowest BCUT2D eigenvalue weighted by Crippen LogP contribution is -2.52. The highest BCUT2D eigenvalue weighted by Gasteiger charge is 2.36. The van der Waals surface area contributed by atoms with Gasteiger partial charge in [0.1, 0.15) is 23.4 Å². The molecule has 0 spiro atoms. The lowest BCUT2D eigenvalue weighted by molar-refractivity contribution is -0.140. The second-order valence-corrected chi connectivity index (χ2v) is 9.78. The third-order valence-corrected chi connectivity index (χ3v) is 5.43. The van der Waals surface area contributed by atoms with Crippen LogP contribution in [0.4, 0.5) is 10.5 Å². The van der Waals surface area contributed by atoms with E-state index in [0.717, 1.165) is 5.56 Å². The van der Waals surface area contributed by atoms with Crippen molar-refractivity contribution in [3.63, 3.8) is 0 Å². The topological polar surface area (TPSA) is 151 Å². The molecule has 38 heavy (non-hydrogen) atoms. The number of phenols is 1. The van der Waals surface area contributed by atoms with Gasteiger partial charge in [0.05, 0.1) is 0 Å². The van der Waals surface area contributed by atoms with E-state index in [9.17, 15) is 24.3 Å². The molecular weight excluding hydrogens is 488 g/mol. The number of anilines is 1. The van der Waals surface area contributed by atoms with Crippen molar-refractivity contribution in [2.75, 3.05) is 11.9 Å². The largest absolute Gasteiger partial charge is 0.508 e. The van der Waals surface area contributed by atoms with Gasteiger partial charge in [-0.1, -0.05) is 36.4 Å². The summed E-state index contributed by atoms with van der Waals surface area (Å²) in [5, 5.41) is 15.5. The maximum Gasteiger partial charge on any atom is 0.408 e. The lowest BCUT2D eigenvalue weighted by Gasteiger charge is -2.34. The zero-order valence-corrected chi connectivity index (χ0v) is 22.2. The van der Waals surface area contributed by atoms with Crippen LogP contribution in [0.25, 0.3) is 0 Å². The van der Waals surface area contributed by atoms with Crippen LogP contribution >= 0.6 is 0 Å². The van der Waals surface area contributed by atoms with E-state index in [1.54, 1.807) is 45.0 Å². The highest BCUT2D eigenvalue weighted by atomic mass is 16.6. The van der Waals surface area contributed by atoms with Gasteiger partial charge in [-0.3, -0.25) is 14.4 Å². The van der Waals surface area contributed by atoms with E-state index in [0.29, 0.717) is 11.3 Å². The van der Waals surface area contributed by atoms with Crippen molar-refractivity contribution >= 4 is 29.5 Å². The number of carbonyl (C=O) groups excluding carboxylic acids is 4. The number of benzene rings is 2. The monoisotopic (exact) mass is 524 g/mol. The first-order chi connectivity index (χ1) is 17.8. The Bertz CT molecular complexity index is 1170. The number of amides is 4. The molecule has 2 unspecified atom stereocenters. The Hall–Kier alpha value is -4.34. The average Bonchev–Trinajstić information content (AvgIpc) is 2.81. The van der Waals surface area contributed by atoms with Gasteiger partial charge in [-0.25, -0.2) is 4.79 Å². The summed E-state index contributed by atoms with van der Waals surface area (Å²) in [5.41, 5.74) is 6.16. The summed E-state index contributed by atoms with van der Waals surface area (Å²) in [6.45, 7) is 10.5. The molecule has 4 amide bonds. The molecule has 0 saturated heterocycles. The molecule has 2 rings (SSSR count). The number of primary amides is 1.